The number of benzene rings is 1. The number of H-pyrrole nitrogens is 1. The lowest BCUT2D eigenvalue weighted by molar-refractivity contribution is 0.490. The van der Waals surface area contributed by atoms with E-state index in [0.29, 0.717) is 18.4 Å². The van der Waals surface area contributed by atoms with E-state index in [1.54, 1.807) is 0 Å². The predicted octanol–water partition coefficient (Wildman–Crippen LogP) is 4.09. The van der Waals surface area contributed by atoms with Gasteiger partial charge in [-0.3, -0.25) is 0 Å². The molecule has 0 aliphatic carbocycles. The van der Waals surface area contributed by atoms with E-state index in [2.05, 4.69) is 56.7 Å². The van der Waals surface area contributed by atoms with Gasteiger partial charge in [0.25, 0.3) is 0 Å². The molecule has 0 saturated heterocycles. The van der Waals surface area contributed by atoms with E-state index in [4.69, 9.17) is 5.73 Å². The van der Waals surface area contributed by atoms with E-state index in [1.165, 1.54) is 22.3 Å². The van der Waals surface area contributed by atoms with E-state index in [1.807, 2.05) is 6.20 Å². The van der Waals surface area contributed by atoms with Gasteiger partial charge in [0.1, 0.15) is 5.82 Å². The van der Waals surface area contributed by atoms with Crippen molar-refractivity contribution in [2.75, 3.05) is 6.54 Å². The van der Waals surface area contributed by atoms with Crippen LogP contribution in [0.4, 0.5) is 0 Å². The second-order valence-corrected chi connectivity index (χ2v) is 6.52. The van der Waals surface area contributed by atoms with Crippen LogP contribution in [0, 0.1) is 26.7 Å². The highest BCUT2D eigenvalue weighted by Gasteiger charge is 2.17. The van der Waals surface area contributed by atoms with Gasteiger partial charge in [0.05, 0.1) is 11.9 Å². The van der Waals surface area contributed by atoms with Gasteiger partial charge in [-0.05, 0) is 44.2 Å². The van der Waals surface area contributed by atoms with Crippen molar-refractivity contribution in [1.29, 1.82) is 0 Å². The average molecular weight is 285 g/mol. The van der Waals surface area contributed by atoms with Crippen LogP contribution in [0.5, 0.6) is 0 Å². The summed E-state index contributed by atoms with van der Waals surface area (Å²) in [5.41, 5.74) is 12.2. The molecule has 0 aliphatic rings. The van der Waals surface area contributed by atoms with Crippen molar-refractivity contribution >= 4 is 0 Å². The molecule has 0 radical (unpaired) electrons. The molecule has 0 saturated carbocycles. The molecule has 3 N–H and O–H groups in total. The molecule has 1 unspecified atom stereocenters. The topological polar surface area (TPSA) is 54.7 Å². The zero-order valence-electron chi connectivity index (χ0n) is 13.8. The normalized spacial score (nSPS) is 12.9. The number of aromatic amines is 1. The van der Waals surface area contributed by atoms with Crippen LogP contribution in [0.15, 0.2) is 18.3 Å². The fourth-order valence-electron chi connectivity index (χ4n) is 3.16. The second-order valence-electron chi connectivity index (χ2n) is 6.52. The van der Waals surface area contributed by atoms with Crippen LogP contribution in [-0.2, 0) is 0 Å². The number of rotatable bonds is 5. The molecule has 0 fully saturated rings. The van der Waals surface area contributed by atoms with Gasteiger partial charge < -0.3 is 10.7 Å². The summed E-state index contributed by atoms with van der Waals surface area (Å²) < 4.78 is 0. The number of aromatic nitrogens is 2. The number of imidazole rings is 1. The van der Waals surface area contributed by atoms with Crippen LogP contribution in [0.25, 0.3) is 11.3 Å². The minimum Gasteiger partial charge on any atom is -0.342 e. The van der Waals surface area contributed by atoms with E-state index in [0.717, 1.165) is 17.9 Å². The highest BCUT2D eigenvalue weighted by Crippen LogP contribution is 2.29. The number of hydrogen-bond donors (Lipinski definition) is 2. The number of hydrogen-bond acceptors (Lipinski definition) is 2. The molecule has 0 spiro atoms. The molecule has 2 rings (SSSR count). The Hall–Kier alpha value is -1.61. The van der Waals surface area contributed by atoms with Gasteiger partial charge in [0, 0.05) is 18.0 Å². The molecule has 1 atom stereocenters. The Kier molecular flexibility index (Phi) is 4.84. The largest absolute Gasteiger partial charge is 0.342 e. The lowest BCUT2D eigenvalue weighted by Gasteiger charge is -2.14. The molecule has 0 bridgehead atoms. The Balaban J connectivity index is 2.36. The standard InChI is InChI=1S/C18H27N3/c1-11(2)6-15(9-19)18-20-10-16(21-18)17-13(4)7-12(3)8-14(17)5/h7-8,10-11,15H,6,9,19H2,1-5H3,(H,20,21). The Morgan fingerprint density at radius 2 is 1.76 bits per heavy atom. The summed E-state index contributed by atoms with van der Waals surface area (Å²) in [6, 6.07) is 4.44. The van der Waals surface area contributed by atoms with Crippen LogP contribution < -0.4 is 5.73 Å². The van der Waals surface area contributed by atoms with Gasteiger partial charge in [-0.2, -0.15) is 0 Å². The Bertz CT molecular complexity index is 588. The Morgan fingerprint density at radius 1 is 1.14 bits per heavy atom. The van der Waals surface area contributed by atoms with Gasteiger partial charge >= 0.3 is 0 Å². The summed E-state index contributed by atoms with van der Waals surface area (Å²) in [5.74, 6) is 1.94. The molecule has 3 nitrogen and oxygen atoms in total. The first kappa shape index (κ1) is 15.8. The summed E-state index contributed by atoms with van der Waals surface area (Å²) >= 11 is 0. The molecular weight excluding hydrogens is 258 g/mol. The van der Waals surface area contributed by atoms with Crippen molar-refractivity contribution < 1.29 is 0 Å². The summed E-state index contributed by atoms with van der Waals surface area (Å²) in [4.78, 5) is 8.08. The van der Waals surface area contributed by atoms with E-state index in [9.17, 15) is 0 Å². The summed E-state index contributed by atoms with van der Waals surface area (Å²) in [5, 5.41) is 0. The number of nitrogens with one attached hydrogen (secondary N) is 1. The molecule has 2 aromatic rings. The van der Waals surface area contributed by atoms with Gasteiger partial charge in [0.2, 0.25) is 0 Å². The van der Waals surface area contributed by atoms with Crippen molar-refractivity contribution in [3.05, 3.63) is 40.8 Å². The van der Waals surface area contributed by atoms with Crippen molar-refractivity contribution in [2.45, 2.75) is 47.0 Å². The molecule has 3 heteroatoms. The van der Waals surface area contributed by atoms with Crippen molar-refractivity contribution in [1.82, 2.24) is 9.97 Å². The van der Waals surface area contributed by atoms with Crippen molar-refractivity contribution in [3.8, 4) is 11.3 Å². The zero-order valence-corrected chi connectivity index (χ0v) is 13.8. The summed E-state index contributed by atoms with van der Waals surface area (Å²) in [6.45, 7) is 11.5. The molecule has 0 amide bonds. The molecule has 1 aromatic heterocycles. The minimum atomic E-state index is 0.310. The molecule has 21 heavy (non-hydrogen) atoms. The maximum Gasteiger partial charge on any atom is 0.110 e. The number of aryl methyl sites for hydroxylation is 3. The third kappa shape index (κ3) is 3.53. The van der Waals surface area contributed by atoms with Crippen molar-refractivity contribution in [2.24, 2.45) is 11.7 Å². The van der Waals surface area contributed by atoms with Gasteiger partial charge in [-0.1, -0.05) is 31.5 Å². The predicted molar refractivity (Wildman–Crippen MR) is 89.5 cm³/mol. The maximum atomic E-state index is 5.92. The Morgan fingerprint density at radius 3 is 2.29 bits per heavy atom. The maximum absolute atomic E-state index is 5.92. The fourth-order valence-corrected chi connectivity index (χ4v) is 3.16. The minimum absolute atomic E-state index is 0.310. The molecule has 1 heterocycles. The van der Waals surface area contributed by atoms with Crippen LogP contribution in [0.1, 0.15) is 48.7 Å². The third-order valence-electron chi connectivity index (χ3n) is 3.97. The molecular formula is C18H27N3. The number of nitrogens with zero attached hydrogens (tertiary/aromatic N) is 1. The van der Waals surface area contributed by atoms with Crippen LogP contribution in [0.3, 0.4) is 0 Å². The van der Waals surface area contributed by atoms with Crippen LogP contribution in [0.2, 0.25) is 0 Å². The molecule has 0 aliphatic heterocycles. The number of nitrogens with two attached hydrogens (primary N) is 1. The highest BCUT2D eigenvalue weighted by molar-refractivity contribution is 5.67. The Labute approximate surface area is 128 Å². The first-order chi connectivity index (χ1) is 9.92. The second kappa shape index (κ2) is 6.44. The van der Waals surface area contributed by atoms with Gasteiger partial charge in [0.15, 0.2) is 0 Å². The van der Waals surface area contributed by atoms with Crippen molar-refractivity contribution in [3.63, 3.8) is 0 Å². The lowest BCUT2D eigenvalue weighted by Crippen LogP contribution is -2.16. The fraction of sp³-hybridized carbons (Fsp3) is 0.500. The van der Waals surface area contributed by atoms with Crippen LogP contribution in [-0.4, -0.2) is 16.5 Å². The van der Waals surface area contributed by atoms with Gasteiger partial charge in [-0.15, -0.1) is 0 Å². The SMILES string of the molecule is Cc1cc(C)c(-c2cnc(C(CN)CC(C)C)[nH]2)c(C)c1. The first-order valence-electron chi connectivity index (χ1n) is 7.75. The lowest BCUT2D eigenvalue weighted by atomic mass is 9.96. The highest BCUT2D eigenvalue weighted by atomic mass is 14.9. The third-order valence-corrected chi connectivity index (χ3v) is 3.97. The monoisotopic (exact) mass is 285 g/mol. The summed E-state index contributed by atoms with van der Waals surface area (Å²) in [6.07, 6.45) is 3.01. The quantitative estimate of drug-likeness (QED) is 0.869. The molecule has 114 valence electrons. The van der Waals surface area contributed by atoms with E-state index >= 15 is 0 Å². The summed E-state index contributed by atoms with van der Waals surface area (Å²) in [7, 11) is 0. The van der Waals surface area contributed by atoms with Gasteiger partial charge in [-0.25, -0.2) is 4.98 Å². The average Bonchev–Trinajstić information content (AvgIpc) is 2.83. The van der Waals surface area contributed by atoms with Crippen LogP contribution >= 0.6 is 0 Å². The molecule has 1 aromatic carbocycles. The zero-order chi connectivity index (χ0) is 15.6. The van der Waals surface area contributed by atoms with E-state index < -0.39 is 0 Å². The smallest absolute Gasteiger partial charge is 0.110 e. The first-order valence-corrected chi connectivity index (χ1v) is 7.75. The van der Waals surface area contributed by atoms with E-state index in [-0.39, 0.29) is 0 Å².